The van der Waals surface area contributed by atoms with E-state index >= 15 is 0 Å². The van der Waals surface area contributed by atoms with Crippen molar-refractivity contribution in [2.75, 3.05) is 13.1 Å². The highest BCUT2D eigenvalue weighted by Gasteiger charge is 2.09. The molecule has 2 N–H and O–H groups in total. The Bertz CT molecular complexity index is 593. The second-order valence-corrected chi connectivity index (χ2v) is 5.23. The largest absolute Gasteiger partial charge is 0.350 e. The first kappa shape index (κ1) is 14.3. The van der Waals surface area contributed by atoms with Gasteiger partial charge in [-0.3, -0.25) is 9.59 Å². The Morgan fingerprint density at radius 2 is 1.65 bits per heavy atom. The smallest absolute Gasteiger partial charge is 0.261 e. The minimum Gasteiger partial charge on any atom is -0.350 e. The number of thiophene rings is 1. The highest BCUT2D eigenvalue weighted by molar-refractivity contribution is 7.12. The molecule has 0 fully saturated rings. The summed E-state index contributed by atoms with van der Waals surface area (Å²) in [5.74, 6) is -0.224. The molecule has 104 valence electrons. The summed E-state index contributed by atoms with van der Waals surface area (Å²) >= 11 is 1.42. The summed E-state index contributed by atoms with van der Waals surface area (Å²) in [6.07, 6.45) is 0. The highest BCUT2D eigenvalue weighted by Crippen LogP contribution is 2.14. The van der Waals surface area contributed by atoms with Crippen LogP contribution in [0.25, 0.3) is 0 Å². The van der Waals surface area contributed by atoms with Crippen molar-refractivity contribution in [3.05, 3.63) is 57.8 Å². The van der Waals surface area contributed by atoms with Gasteiger partial charge in [0.1, 0.15) is 0 Å². The third-order valence-electron chi connectivity index (χ3n) is 2.80. The van der Waals surface area contributed by atoms with E-state index in [2.05, 4.69) is 10.6 Å². The standard InChI is InChI=1S/C15H16N2O2S/c1-11-7-10-20-13(11)15(19)17-9-8-16-14(18)12-5-3-2-4-6-12/h2-7,10H,8-9H2,1H3,(H,16,18)(H,17,19). The molecule has 2 aromatic rings. The molecule has 0 aliphatic carbocycles. The lowest BCUT2D eigenvalue weighted by Crippen LogP contribution is -2.34. The van der Waals surface area contributed by atoms with E-state index in [4.69, 9.17) is 0 Å². The van der Waals surface area contributed by atoms with Crippen molar-refractivity contribution < 1.29 is 9.59 Å². The predicted octanol–water partition coefficient (Wildman–Crippen LogP) is 2.22. The van der Waals surface area contributed by atoms with Crippen molar-refractivity contribution in [3.8, 4) is 0 Å². The molecular formula is C15H16N2O2S. The number of amides is 2. The summed E-state index contributed by atoms with van der Waals surface area (Å²) in [4.78, 5) is 24.3. The van der Waals surface area contributed by atoms with Crippen LogP contribution in [-0.4, -0.2) is 24.9 Å². The Morgan fingerprint density at radius 1 is 1.00 bits per heavy atom. The molecule has 5 heteroatoms. The number of hydrogen-bond acceptors (Lipinski definition) is 3. The van der Waals surface area contributed by atoms with E-state index in [0.717, 1.165) is 10.4 Å². The van der Waals surface area contributed by atoms with E-state index in [1.807, 2.05) is 36.6 Å². The van der Waals surface area contributed by atoms with Crippen LogP contribution in [0.2, 0.25) is 0 Å². The number of carbonyl (C=O) groups excluding carboxylic acids is 2. The van der Waals surface area contributed by atoms with Crippen LogP contribution in [0, 0.1) is 6.92 Å². The van der Waals surface area contributed by atoms with Crippen molar-refractivity contribution >= 4 is 23.2 Å². The van der Waals surface area contributed by atoms with Gasteiger partial charge in [0.15, 0.2) is 0 Å². The van der Waals surface area contributed by atoms with Gasteiger partial charge in [-0.15, -0.1) is 11.3 Å². The minimum absolute atomic E-state index is 0.0912. The fraction of sp³-hybridized carbons (Fsp3) is 0.200. The summed E-state index contributed by atoms with van der Waals surface area (Å²) in [5, 5.41) is 7.44. The fourth-order valence-electron chi connectivity index (χ4n) is 1.73. The normalized spacial score (nSPS) is 10.1. The minimum atomic E-state index is -0.132. The van der Waals surface area contributed by atoms with Crippen molar-refractivity contribution in [1.29, 1.82) is 0 Å². The lowest BCUT2D eigenvalue weighted by molar-refractivity contribution is 0.0929. The van der Waals surface area contributed by atoms with Gasteiger partial charge in [0.2, 0.25) is 0 Å². The van der Waals surface area contributed by atoms with Gasteiger partial charge in [-0.25, -0.2) is 0 Å². The second kappa shape index (κ2) is 6.86. The van der Waals surface area contributed by atoms with Gasteiger partial charge in [-0.05, 0) is 36.1 Å². The summed E-state index contributed by atoms with van der Waals surface area (Å²) in [7, 11) is 0. The molecule has 0 aliphatic heterocycles. The Hall–Kier alpha value is -2.14. The quantitative estimate of drug-likeness (QED) is 0.829. The van der Waals surface area contributed by atoms with Gasteiger partial charge in [0.25, 0.3) is 11.8 Å². The monoisotopic (exact) mass is 288 g/mol. The van der Waals surface area contributed by atoms with Crippen LogP contribution in [0.1, 0.15) is 25.6 Å². The number of hydrogen-bond donors (Lipinski definition) is 2. The molecule has 1 aromatic heterocycles. The van der Waals surface area contributed by atoms with Gasteiger partial charge >= 0.3 is 0 Å². The predicted molar refractivity (Wildman–Crippen MR) is 80.2 cm³/mol. The van der Waals surface area contributed by atoms with Crippen LogP contribution in [0.4, 0.5) is 0 Å². The van der Waals surface area contributed by atoms with Crippen LogP contribution in [0.15, 0.2) is 41.8 Å². The maximum Gasteiger partial charge on any atom is 0.261 e. The molecule has 2 amide bonds. The van der Waals surface area contributed by atoms with Crippen LogP contribution < -0.4 is 10.6 Å². The summed E-state index contributed by atoms with van der Waals surface area (Å²) in [6, 6.07) is 10.9. The average Bonchev–Trinajstić information content (AvgIpc) is 2.90. The number of benzene rings is 1. The third kappa shape index (κ3) is 3.68. The zero-order chi connectivity index (χ0) is 14.4. The van der Waals surface area contributed by atoms with Gasteiger partial charge in [0.05, 0.1) is 4.88 Å². The molecule has 1 aromatic carbocycles. The van der Waals surface area contributed by atoms with Crippen molar-refractivity contribution in [2.24, 2.45) is 0 Å². The van der Waals surface area contributed by atoms with Crippen LogP contribution in [-0.2, 0) is 0 Å². The van der Waals surface area contributed by atoms with Gasteiger partial charge in [-0.1, -0.05) is 18.2 Å². The van der Waals surface area contributed by atoms with Crippen LogP contribution in [0.5, 0.6) is 0 Å². The zero-order valence-electron chi connectivity index (χ0n) is 11.2. The number of aryl methyl sites for hydroxylation is 1. The maximum atomic E-state index is 11.8. The lowest BCUT2D eigenvalue weighted by atomic mass is 10.2. The van der Waals surface area contributed by atoms with Crippen molar-refractivity contribution in [1.82, 2.24) is 10.6 Å². The third-order valence-corrected chi connectivity index (χ3v) is 3.82. The summed E-state index contributed by atoms with van der Waals surface area (Å²) in [6.45, 7) is 2.72. The first-order chi connectivity index (χ1) is 9.68. The van der Waals surface area contributed by atoms with Crippen molar-refractivity contribution in [2.45, 2.75) is 6.92 Å². The Labute approximate surface area is 121 Å². The Kier molecular flexibility index (Phi) is 4.90. The van der Waals surface area contributed by atoms with Gasteiger partial charge in [-0.2, -0.15) is 0 Å². The second-order valence-electron chi connectivity index (χ2n) is 4.31. The summed E-state index contributed by atoms with van der Waals surface area (Å²) < 4.78 is 0. The molecular weight excluding hydrogens is 272 g/mol. The van der Waals surface area contributed by atoms with Gasteiger partial charge in [0, 0.05) is 18.7 Å². The number of carbonyl (C=O) groups is 2. The lowest BCUT2D eigenvalue weighted by Gasteiger charge is -2.06. The molecule has 0 radical (unpaired) electrons. The molecule has 20 heavy (non-hydrogen) atoms. The number of nitrogens with one attached hydrogen (secondary N) is 2. The van der Waals surface area contributed by atoms with Gasteiger partial charge < -0.3 is 10.6 Å². The Morgan fingerprint density at radius 3 is 2.25 bits per heavy atom. The van der Waals surface area contributed by atoms with Crippen molar-refractivity contribution in [3.63, 3.8) is 0 Å². The topological polar surface area (TPSA) is 58.2 Å². The molecule has 0 spiro atoms. The summed E-state index contributed by atoms with van der Waals surface area (Å²) in [5.41, 5.74) is 1.59. The molecule has 0 atom stereocenters. The van der Waals surface area contributed by atoms with Crippen LogP contribution in [0.3, 0.4) is 0 Å². The molecule has 4 nitrogen and oxygen atoms in total. The molecule has 0 aliphatic rings. The zero-order valence-corrected chi connectivity index (χ0v) is 12.0. The van der Waals surface area contributed by atoms with E-state index < -0.39 is 0 Å². The number of rotatable bonds is 5. The Balaban J connectivity index is 1.73. The molecule has 0 saturated carbocycles. The molecule has 0 bridgehead atoms. The SMILES string of the molecule is Cc1ccsc1C(=O)NCCNC(=O)c1ccccc1. The van der Waals surface area contributed by atoms with E-state index in [-0.39, 0.29) is 11.8 Å². The maximum absolute atomic E-state index is 11.8. The first-order valence-corrected chi connectivity index (χ1v) is 7.22. The van der Waals surface area contributed by atoms with Crippen LogP contribution >= 0.6 is 11.3 Å². The molecule has 2 rings (SSSR count). The van der Waals surface area contributed by atoms with E-state index in [9.17, 15) is 9.59 Å². The molecule has 1 heterocycles. The molecule has 0 saturated heterocycles. The molecule has 0 unspecified atom stereocenters. The van der Waals surface area contributed by atoms with E-state index in [0.29, 0.717) is 18.7 Å². The highest BCUT2D eigenvalue weighted by atomic mass is 32.1. The average molecular weight is 288 g/mol. The van der Waals surface area contributed by atoms with E-state index in [1.54, 1.807) is 12.1 Å². The van der Waals surface area contributed by atoms with E-state index in [1.165, 1.54) is 11.3 Å². The fourth-order valence-corrected chi connectivity index (χ4v) is 2.57. The first-order valence-electron chi connectivity index (χ1n) is 6.34.